The molecule has 2 rings (SSSR count). The van der Waals surface area contributed by atoms with Crippen molar-refractivity contribution in [2.45, 2.75) is 6.42 Å². The Hall–Kier alpha value is -0.910. The summed E-state index contributed by atoms with van der Waals surface area (Å²) in [6.45, 7) is 5.48. The van der Waals surface area contributed by atoms with Gasteiger partial charge in [-0.15, -0.1) is 0 Å². The number of carbonyl (C=O) groups is 1. The molecular formula is C14H20BrN2O2+. The number of hydrogen-bond donors (Lipinski definition) is 2. The number of morpholine rings is 1. The topological polar surface area (TPSA) is 42.8 Å². The van der Waals surface area contributed by atoms with E-state index in [4.69, 9.17) is 4.74 Å². The number of hydrogen-bond acceptors (Lipinski definition) is 2. The van der Waals surface area contributed by atoms with Gasteiger partial charge >= 0.3 is 0 Å². The zero-order chi connectivity index (χ0) is 13.5. The van der Waals surface area contributed by atoms with Gasteiger partial charge in [-0.3, -0.25) is 4.79 Å². The van der Waals surface area contributed by atoms with Crippen molar-refractivity contribution in [3.8, 4) is 0 Å². The molecular weight excluding hydrogens is 308 g/mol. The van der Waals surface area contributed by atoms with Gasteiger partial charge in [-0.2, -0.15) is 0 Å². The number of carbonyl (C=O) groups excluding carboxylic acids is 1. The predicted octanol–water partition coefficient (Wildman–Crippen LogP) is 0.0229. The van der Waals surface area contributed by atoms with Gasteiger partial charge in [-0.05, 0) is 17.7 Å². The molecule has 1 aromatic rings. The molecule has 5 heteroatoms. The van der Waals surface area contributed by atoms with E-state index in [1.807, 2.05) is 24.3 Å². The first-order valence-electron chi connectivity index (χ1n) is 6.66. The van der Waals surface area contributed by atoms with Crippen LogP contribution in [0.2, 0.25) is 0 Å². The number of quaternary nitrogens is 1. The normalized spacial score (nSPS) is 16.3. The smallest absolute Gasteiger partial charge is 0.224 e. The molecule has 0 aromatic heterocycles. The summed E-state index contributed by atoms with van der Waals surface area (Å²) in [5.74, 6) is 0.0926. The molecule has 1 aliphatic heterocycles. The van der Waals surface area contributed by atoms with Gasteiger partial charge in [0.15, 0.2) is 0 Å². The van der Waals surface area contributed by atoms with Crippen molar-refractivity contribution in [3.05, 3.63) is 34.3 Å². The van der Waals surface area contributed by atoms with Crippen LogP contribution in [0.3, 0.4) is 0 Å². The molecule has 19 heavy (non-hydrogen) atoms. The minimum atomic E-state index is 0.0926. The number of amides is 1. The summed E-state index contributed by atoms with van der Waals surface area (Å²) in [6.07, 6.45) is 0.450. The molecule has 0 unspecified atom stereocenters. The third-order valence-electron chi connectivity index (χ3n) is 3.28. The quantitative estimate of drug-likeness (QED) is 0.801. The van der Waals surface area contributed by atoms with E-state index in [0.29, 0.717) is 6.42 Å². The highest BCUT2D eigenvalue weighted by atomic mass is 79.9. The third kappa shape index (κ3) is 5.30. The Kier molecular flexibility index (Phi) is 5.82. The molecule has 0 bridgehead atoms. The van der Waals surface area contributed by atoms with E-state index in [2.05, 4.69) is 21.2 Å². The van der Waals surface area contributed by atoms with Crippen molar-refractivity contribution in [1.29, 1.82) is 0 Å². The Morgan fingerprint density at radius 2 is 1.95 bits per heavy atom. The van der Waals surface area contributed by atoms with Crippen LogP contribution in [0, 0.1) is 0 Å². The highest BCUT2D eigenvalue weighted by Crippen LogP contribution is 2.10. The lowest BCUT2D eigenvalue weighted by Crippen LogP contribution is -3.14. The summed E-state index contributed by atoms with van der Waals surface area (Å²) in [4.78, 5) is 13.3. The van der Waals surface area contributed by atoms with Crippen LogP contribution in [0.15, 0.2) is 28.7 Å². The molecule has 0 saturated carbocycles. The van der Waals surface area contributed by atoms with Gasteiger partial charge in [0, 0.05) is 4.47 Å². The monoisotopic (exact) mass is 327 g/mol. The summed E-state index contributed by atoms with van der Waals surface area (Å²) in [5.41, 5.74) is 1.04. The Bertz CT molecular complexity index is 402. The van der Waals surface area contributed by atoms with E-state index in [1.165, 1.54) is 4.90 Å². The lowest BCUT2D eigenvalue weighted by atomic mass is 10.1. The van der Waals surface area contributed by atoms with Crippen molar-refractivity contribution in [2.24, 2.45) is 0 Å². The number of ether oxygens (including phenoxy) is 1. The highest BCUT2D eigenvalue weighted by Gasteiger charge is 2.13. The van der Waals surface area contributed by atoms with Crippen LogP contribution in [0.25, 0.3) is 0 Å². The molecule has 0 spiro atoms. The number of nitrogens with one attached hydrogen (secondary N) is 2. The van der Waals surface area contributed by atoms with E-state index in [1.54, 1.807) is 0 Å². The number of benzene rings is 1. The minimum Gasteiger partial charge on any atom is -0.370 e. The minimum absolute atomic E-state index is 0.0926. The fourth-order valence-corrected chi connectivity index (χ4v) is 2.40. The first-order chi connectivity index (χ1) is 9.24. The molecule has 1 heterocycles. The van der Waals surface area contributed by atoms with Gasteiger partial charge in [0.2, 0.25) is 5.91 Å². The van der Waals surface area contributed by atoms with Crippen molar-refractivity contribution in [3.63, 3.8) is 0 Å². The summed E-state index contributed by atoms with van der Waals surface area (Å²) in [5, 5.41) is 2.98. The van der Waals surface area contributed by atoms with E-state index >= 15 is 0 Å². The lowest BCUT2D eigenvalue weighted by molar-refractivity contribution is -0.906. The maximum absolute atomic E-state index is 11.8. The van der Waals surface area contributed by atoms with E-state index in [-0.39, 0.29) is 5.91 Å². The van der Waals surface area contributed by atoms with Gasteiger partial charge < -0.3 is 15.0 Å². The highest BCUT2D eigenvalue weighted by molar-refractivity contribution is 9.10. The SMILES string of the molecule is O=C(Cc1ccc(Br)cc1)NCC[NH+]1CCOCC1. The van der Waals surface area contributed by atoms with Gasteiger partial charge in [-0.25, -0.2) is 0 Å². The van der Waals surface area contributed by atoms with Gasteiger partial charge in [0.05, 0.1) is 32.7 Å². The molecule has 2 N–H and O–H groups in total. The Morgan fingerprint density at radius 1 is 1.26 bits per heavy atom. The molecule has 0 atom stereocenters. The second-order valence-electron chi connectivity index (χ2n) is 4.77. The molecule has 1 fully saturated rings. The van der Waals surface area contributed by atoms with Crippen LogP contribution in [-0.2, 0) is 16.0 Å². The summed E-state index contributed by atoms with van der Waals surface area (Å²) in [6, 6.07) is 7.86. The van der Waals surface area contributed by atoms with Crippen molar-refractivity contribution < 1.29 is 14.4 Å². The van der Waals surface area contributed by atoms with E-state index < -0.39 is 0 Å². The summed E-state index contributed by atoms with van der Waals surface area (Å²) < 4.78 is 6.34. The lowest BCUT2D eigenvalue weighted by Gasteiger charge is -2.23. The Balaban J connectivity index is 1.65. The van der Waals surface area contributed by atoms with Crippen molar-refractivity contribution in [1.82, 2.24) is 5.32 Å². The molecule has 0 radical (unpaired) electrons. The van der Waals surface area contributed by atoms with Crippen molar-refractivity contribution in [2.75, 3.05) is 39.4 Å². The average molecular weight is 328 g/mol. The number of rotatable bonds is 5. The summed E-state index contributed by atoms with van der Waals surface area (Å²) in [7, 11) is 0. The molecule has 0 aliphatic carbocycles. The van der Waals surface area contributed by atoms with E-state index in [0.717, 1.165) is 49.4 Å². The zero-order valence-electron chi connectivity index (χ0n) is 11.0. The van der Waals surface area contributed by atoms with Crippen LogP contribution < -0.4 is 10.2 Å². The van der Waals surface area contributed by atoms with Crippen LogP contribution in [0.1, 0.15) is 5.56 Å². The maximum Gasteiger partial charge on any atom is 0.224 e. The second-order valence-corrected chi connectivity index (χ2v) is 5.68. The predicted molar refractivity (Wildman–Crippen MR) is 77.2 cm³/mol. The largest absolute Gasteiger partial charge is 0.370 e. The van der Waals surface area contributed by atoms with Gasteiger partial charge in [0.25, 0.3) is 0 Å². The molecule has 4 nitrogen and oxygen atoms in total. The zero-order valence-corrected chi connectivity index (χ0v) is 12.5. The van der Waals surface area contributed by atoms with Gasteiger partial charge in [-0.1, -0.05) is 28.1 Å². The molecule has 1 amide bonds. The summed E-state index contributed by atoms with van der Waals surface area (Å²) >= 11 is 3.38. The second kappa shape index (κ2) is 7.62. The molecule has 1 saturated heterocycles. The Morgan fingerprint density at radius 3 is 2.63 bits per heavy atom. The van der Waals surface area contributed by atoms with Crippen LogP contribution in [0.5, 0.6) is 0 Å². The van der Waals surface area contributed by atoms with Crippen LogP contribution >= 0.6 is 15.9 Å². The first kappa shape index (κ1) is 14.5. The van der Waals surface area contributed by atoms with Crippen LogP contribution in [-0.4, -0.2) is 45.3 Å². The molecule has 104 valence electrons. The average Bonchev–Trinajstić information content (AvgIpc) is 2.43. The first-order valence-corrected chi connectivity index (χ1v) is 7.46. The number of halogens is 1. The van der Waals surface area contributed by atoms with Crippen LogP contribution in [0.4, 0.5) is 0 Å². The van der Waals surface area contributed by atoms with Gasteiger partial charge in [0.1, 0.15) is 13.1 Å². The Labute approximate surface area is 122 Å². The standard InChI is InChI=1S/C14H19BrN2O2/c15-13-3-1-12(2-4-13)11-14(18)16-5-6-17-7-9-19-10-8-17/h1-4H,5-11H2,(H,16,18)/p+1. The molecule has 1 aliphatic rings. The maximum atomic E-state index is 11.8. The third-order valence-corrected chi connectivity index (χ3v) is 3.81. The van der Waals surface area contributed by atoms with Crippen molar-refractivity contribution >= 4 is 21.8 Å². The molecule has 1 aromatic carbocycles. The van der Waals surface area contributed by atoms with E-state index in [9.17, 15) is 4.79 Å². The fourth-order valence-electron chi connectivity index (χ4n) is 2.14. The fraction of sp³-hybridized carbons (Fsp3) is 0.500.